The second kappa shape index (κ2) is 6.39. The van der Waals surface area contributed by atoms with E-state index >= 15 is 0 Å². The first kappa shape index (κ1) is 15.0. The second-order valence-electron chi connectivity index (χ2n) is 5.69. The van der Waals surface area contributed by atoms with Crippen LogP contribution in [0.25, 0.3) is 0 Å². The van der Waals surface area contributed by atoms with E-state index < -0.39 is 0 Å². The first-order valence-corrected chi connectivity index (χ1v) is 6.98. The fraction of sp³-hybridized carbons (Fsp3) is 0.923. The van der Waals surface area contributed by atoms with Gasteiger partial charge >= 0.3 is 0 Å². The van der Waals surface area contributed by atoms with Crippen LogP contribution in [0.3, 0.4) is 0 Å². The molecular weight excluding hydrogens is 268 g/mol. The Hall–Kier alpha value is -0.360. The molecule has 0 aliphatic carbocycles. The molecule has 0 aromatic rings. The number of hydrogen-bond acceptors (Lipinski definition) is 4. The van der Waals surface area contributed by atoms with E-state index in [1.807, 2.05) is 4.90 Å². The SMILES string of the molecule is Cl.O=C(C1COCCO1)N1CCC2(CCNC2)CC1. The minimum atomic E-state index is -0.366. The molecule has 0 radical (unpaired) electrons. The molecule has 0 aromatic heterocycles. The average Bonchev–Trinajstić information content (AvgIpc) is 2.88. The van der Waals surface area contributed by atoms with Crippen LogP contribution >= 0.6 is 12.4 Å². The lowest BCUT2D eigenvalue weighted by Gasteiger charge is -2.40. The Kier molecular flexibility index (Phi) is 5.06. The van der Waals surface area contributed by atoms with Crippen LogP contribution < -0.4 is 5.32 Å². The molecule has 3 aliphatic rings. The predicted molar refractivity (Wildman–Crippen MR) is 73.5 cm³/mol. The Labute approximate surface area is 120 Å². The molecule has 6 heteroatoms. The Morgan fingerprint density at radius 2 is 2.00 bits per heavy atom. The third-order valence-electron chi connectivity index (χ3n) is 4.56. The van der Waals surface area contributed by atoms with Crippen LogP contribution in [0.2, 0.25) is 0 Å². The highest BCUT2D eigenvalue weighted by Crippen LogP contribution is 2.37. The lowest BCUT2D eigenvalue weighted by Crippen LogP contribution is -2.50. The third kappa shape index (κ3) is 3.21. The molecule has 110 valence electrons. The van der Waals surface area contributed by atoms with Crippen molar-refractivity contribution < 1.29 is 14.3 Å². The van der Waals surface area contributed by atoms with Gasteiger partial charge in [0.2, 0.25) is 0 Å². The van der Waals surface area contributed by atoms with Gasteiger partial charge in [-0.3, -0.25) is 4.79 Å². The molecule has 3 heterocycles. The second-order valence-corrected chi connectivity index (χ2v) is 5.69. The number of halogens is 1. The summed E-state index contributed by atoms with van der Waals surface area (Å²) in [6.45, 7) is 5.57. The van der Waals surface area contributed by atoms with Crippen molar-refractivity contribution in [3.63, 3.8) is 0 Å². The number of piperidine rings is 1. The van der Waals surface area contributed by atoms with Crippen molar-refractivity contribution >= 4 is 18.3 Å². The maximum atomic E-state index is 12.3. The van der Waals surface area contributed by atoms with Gasteiger partial charge in [0.15, 0.2) is 6.10 Å². The molecule has 5 nitrogen and oxygen atoms in total. The highest BCUT2D eigenvalue weighted by molar-refractivity contribution is 5.85. The summed E-state index contributed by atoms with van der Waals surface area (Å²) in [7, 11) is 0. The van der Waals surface area contributed by atoms with Gasteiger partial charge in [-0.05, 0) is 31.2 Å². The largest absolute Gasteiger partial charge is 0.376 e. The molecule has 3 aliphatic heterocycles. The molecule has 1 amide bonds. The minimum Gasteiger partial charge on any atom is -0.376 e. The van der Waals surface area contributed by atoms with Crippen LogP contribution in [0.1, 0.15) is 19.3 Å². The van der Waals surface area contributed by atoms with Gasteiger partial charge < -0.3 is 19.7 Å². The van der Waals surface area contributed by atoms with Crippen LogP contribution in [0.5, 0.6) is 0 Å². The fourth-order valence-corrected chi connectivity index (χ4v) is 3.26. The van der Waals surface area contributed by atoms with Gasteiger partial charge in [0.05, 0.1) is 19.8 Å². The Bertz CT molecular complexity index is 305. The van der Waals surface area contributed by atoms with E-state index in [0.717, 1.165) is 39.0 Å². The molecule has 1 unspecified atom stereocenters. The Morgan fingerprint density at radius 1 is 1.21 bits per heavy atom. The van der Waals surface area contributed by atoms with E-state index in [1.54, 1.807) is 0 Å². The zero-order valence-corrected chi connectivity index (χ0v) is 12.0. The maximum Gasteiger partial charge on any atom is 0.254 e. The first-order chi connectivity index (χ1) is 8.79. The highest BCUT2D eigenvalue weighted by Gasteiger charge is 2.39. The topological polar surface area (TPSA) is 50.8 Å². The molecule has 1 atom stereocenters. The monoisotopic (exact) mass is 290 g/mol. The zero-order valence-electron chi connectivity index (χ0n) is 11.2. The van der Waals surface area contributed by atoms with E-state index in [0.29, 0.717) is 25.2 Å². The molecule has 3 fully saturated rings. The van der Waals surface area contributed by atoms with Gasteiger partial charge in [-0.15, -0.1) is 12.4 Å². The number of hydrogen-bond donors (Lipinski definition) is 1. The van der Waals surface area contributed by atoms with Crippen LogP contribution in [0.15, 0.2) is 0 Å². The van der Waals surface area contributed by atoms with E-state index in [9.17, 15) is 4.79 Å². The van der Waals surface area contributed by atoms with Crippen molar-refractivity contribution in [2.75, 3.05) is 46.0 Å². The molecule has 3 rings (SSSR count). The van der Waals surface area contributed by atoms with Crippen molar-refractivity contribution in [2.24, 2.45) is 5.41 Å². The Morgan fingerprint density at radius 3 is 2.58 bits per heavy atom. The lowest BCUT2D eigenvalue weighted by atomic mass is 9.78. The summed E-state index contributed by atoms with van der Waals surface area (Å²) < 4.78 is 10.8. The number of likely N-dealkylation sites (tertiary alicyclic amines) is 1. The van der Waals surface area contributed by atoms with Crippen LogP contribution in [0.4, 0.5) is 0 Å². The van der Waals surface area contributed by atoms with Gasteiger partial charge in [0.1, 0.15) is 0 Å². The number of carbonyl (C=O) groups excluding carboxylic acids is 1. The molecule has 3 saturated heterocycles. The maximum absolute atomic E-state index is 12.3. The van der Waals surface area contributed by atoms with Crippen molar-refractivity contribution in [3.8, 4) is 0 Å². The van der Waals surface area contributed by atoms with E-state index in [4.69, 9.17) is 9.47 Å². The summed E-state index contributed by atoms with van der Waals surface area (Å²) in [5.41, 5.74) is 0.459. The number of nitrogens with zero attached hydrogens (tertiary/aromatic N) is 1. The zero-order chi connectivity index (χ0) is 12.4. The molecular formula is C13H23ClN2O3. The Balaban J connectivity index is 0.00000133. The summed E-state index contributed by atoms with van der Waals surface area (Å²) in [6, 6.07) is 0. The lowest BCUT2D eigenvalue weighted by molar-refractivity contribution is -0.159. The van der Waals surface area contributed by atoms with Crippen LogP contribution in [-0.4, -0.2) is 62.9 Å². The number of ether oxygens (including phenoxy) is 2. The minimum absolute atomic E-state index is 0. The van der Waals surface area contributed by atoms with E-state index in [-0.39, 0.29) is 24.4 Å². The van der Waals surface area contributed by atoms with Crippen molar-refractivity contribution in [3.05, 3.63) is 0 Å². The van der Waals surface area contributed by atoms with Gasteiger partial charge in [0.25, 0.3) is 5.91 Å². The molecule has 0 saturated carbocycles. The molecule has 1 spiro atoms. The fourth-order valence-electron chi connectivity index (χ4n) is 3.26. The summed E-state index contributed by atoms with van der Waals surface area (Å²) in [4.78, 5) is 14.2. The predicted octanol–water partition coefficient (Wildman–Crippen LogP) is 0.426. The molecule has 19 heavy (non-hydrogen) atoms. The average molecular weight is 291 g/mol. The number of amides is 1. The summed E-state index contributed by atoms with van der Waals surface area (Å²) in [6.07, 6.45) is 3.14. The molecule has 1 N–H and O–H groups in total. The standard InChI is InChI=1S/C13H22N2O3.ClH/c16-12(11-9-17-7-8-18-11)15-5-2-13(3-6-15)1-4-14-10-13;/h11,14H,1-10H2;1H. The number of carbonyl (C=O) groups is 1. The summed E-state index contributed by atoms with van der Waals surface area (Å²) >= 11 is 0. The van der Waals surface area contributed by atoms with E-state index in [1.165, 1.54) is 6.42 Å². The third-order valence-corrected chi connectivity index (χ3v) is 4.56. The summed E-state index contributed by atoms with van der Waals surface area (Å²) in [5.74, 6) is 0.121. The van der Waals surface area contributed by atoms with Gasteiger partial charge in [-0.2, -0.15) is 0 Å². The quantitative estimate of drug-likeness (QED) is 0.761. The van der Waals surface area contributed by atoms with Crippen LogP contribution in [-0.2, 0) is 14.3 Å². The normalized spacial score (nSPS) is 30.1. The van der Waals surface area contributed by atoms with Gasteiger partial charge in [0, 0.05) is 19.6 Å². The van der Waals surface area contributed by atoms with Crippen molar-refractivity contribution in [1.82, 2.24) is 10.2 Å². The molecule has 0 aromatic carbocycles. The smallest absolute Gasteiger partial charge is 0.254 e. The van der Waals surface area contributed by atoms with Gasteiger partial charge in [-0.25, -0.2) is 0 Å². The molecule has 0 bridgehead atoms. The van der Waals surface area contributed by atoms with Crippen molar-refractivity contribution in [2.45, 2.75) is 25.4 Å². The van der Waals surface area contributed by atoms with E-state index in [2.05, 4.69) is 5.32 Å². The number of nitrogens with one attached hydrogen (secondary N) is 1. The van der Waals surface area contributed by atoms with Crippen molar-refractivity contribution in [1.29, 1.82) is 0 Å². The van der Waals surface area contributed by atoms with Crippen LogP contribution in [0, 0.1) is 5.41 Å². The number of rotatable bonds is 1. The first-order valence-electron chi connectivity index (χ1n) is 6.98. The highest BCUT2D eigenvalue weighted by atomic mass is 35.5. The summed E-state index contributed by atoms with van der Waals surface area (Å²) in [5, 5.41) is 3.44. The van der Waals surface area contributed by atoms with Gasteiger partial charge in [-0.1, -0.05) is 0 Å².